The Balaban J connectivity index is 1.24. The fraction of sp³-hybridized carbons (Fsp3) is 0.169. The molecule has 6 aliphatic rings. The van der Waals surface area contributed by atoms with Crippen LogP contribution >= 0.6 is 0 Å². The molecule has 286 valence electrons. The molecule has 0 saturated heterocycles. The molecule has 59 heavy (non-hydrogen) atoms. The molecule has 0 nitrogen and oxygen atoms in total. The Kier molecular flexibility index (Phi) is 8.96. The molecule has 5 aromatic carbocycles. The second-order valence-electron chi connectivity index (χ2n) is 17.3. The predicted octanol–water partition coefficient (Wildman–Crippen LogP) is 15.6. The van der Waals surface area contributed by atoms with Gasteiger partial charge < -0.3 is 0 Å². The molecule has 0 saturated carbocycles. The van der Waals surface area contributed by atoms with E-state index in [9.17, 15) is 0 Å². The number of hydrogen-bond acceptors (Lipinski definition) is 0. The van der Waals surface area contributed by atoms with E-state index in [1.807, 2.05) is 0 Å². The summed E-state index contributed by atoms with van der Waals surface area (Å²) in [5, 5.41) is 2.79. The summed E-state index contributed by atoms with van der Waals surface area (Å²) in [6.07, 6.45) is 43.4. The third-order valence-electron chi connectivity index (χ3n) is 13.8. The molecule has 0 heterocycles. The third kappa shape index (κ3) is 6.16. The molecule has 0 N–H and O–H groups in total. The monoisotopic (exact) mass is 757 g/mol. The average Bonchev–Trinajstić information content (AvgIpc) is 3.94. The van der Waals surface area contributed by atoms with Crippen molar-refractivity contribution in [1.82, 2.24) is 0 Å². The van der Waals surface area contributed by atoms with Crippen molar-refractivity contribution < 1.29 is 0 Å². The van der Waals surface area contributed by atoms with Crippen molar-refractivity contribution >= 4 is 40.1 Å². The maximum absolute atomic E-state index is 4.77. The van der Waals surface area contributed by atoms with E-state index in [2.05, 4.69) is 189 Å². The zero-order valence-electron chi connectivity index (χ0n) is 33.9. The molecule has 2 bridgehead atoms. The summed E-state index contributed by atoms with van der Waals surface area (Å²) in [6.45, 7) is 7.22. The van der Waals surface area contributed by atoms with E-state index in [0.29, 0.717) is 11.8 Å². The maximum Gasteiger partial charge on any atom is 0.0217 e. The highest BCUT2D eigenvalue weighted by molar-refractivity contribution is 6.21. The third-order valence-corrected chi connectivity index (χ3v) is 13.8. The Hall–Kier alpha value is -6.37. The van der Waals surface area contributed by atoms with Gasteiger partial charge in [0.15, 0.2) is 0 Å². The maximum atomic E-state index is 4.77. The van der Waals surface area contributed by atoms with Gasteiger partial charge in [-0.2, -0.15) is 24.6 Å². The summed E-state index contributed by atoms with van der Waals surface area (Å²) in [7, 11) is 0. The smallest absolute Gasteiger partial charge is 0.0217 e. The van der Waals surface area contributed by atoms with Crippen molar-refractivity contribution in [2.24, 2.45) is 11.8 Å². The Labute approximate surface area is 350 Å². The molecule has 11 rings (SSSR count). The van der Waals surface area contributed by atoms with Crippen LogP contribution in [-0.2, 0) is 6.42 Å². The highest BCUT2D eigenvalue weighted by Crippen LogP contribution is 2.58. The first kappa shape index (κ1) is 35.8. The van der Waals surface area contributed by atoms with Gasteiger partial charge in [0, 0.05) is 5.92 Å². The normalized spacial score (nSPS) is 23.4. The number of benzene rings is 5. The van der Waals surface area contributed by atoms with E-state index >= 15 is 0 Å². The van der Waals surface area contributed by atoms with E-state index in [4.69, 9.17) is 6.92 Å². The number of rotatable bonds is 4. The van der Waals surface area contributed by atoms with Crippen LogP contribution in [0.2, 0.25) is 0 Å². The highest BCUT2D eigenvalue weighted by atomic mass is 14.4. The lowest BCUT2D eigenvalue weighted by atomic mass is 9.73. The van der Waals surface area contributed by atoms with Gasteiger partial charge >= 0.3 is 0 Å². The highest BCUT2D eigenvalue weighted by Gasteiger charge is 2.35. The molecule has 0 aromatic heterocycles. The minimum atomic E-state index is 0.153. The van der Waals surface area contributed by atoms with Gasteiger partial charge in [0.1, 0.15) is 0 Å². The number of aryl methyl sites for hydroxylation is 1. The van der Waals surface area contributed by atoms with E-state index in [0.717, 1.165) is 37.7 Å². The fourth-order valence-corrected chi connectivity index (χ4v) is 10.9. The second kappa shape index (κ2) is 14.8. The lowest BCUT2D eigenvalue weighted by Crippen LogP contribution is -2.20. The molecule has 0 spiro atoms. The van der Waals surface area contributed by atoms with Gasteiger partial charge in [-0.3, -0.25) is 0 Å². The van der Waals surface area contributed by atoms with E-state index in [1.54, 1.807) is 0 Å². The molecule has 0 heteroatoms. The quantitative estimate of drug-likeness (QED) is 0.157. The minimum absolute atomic E-state index is 0.153. The van der Waals surface area contributed by atoms with Gasteiger partial charge in [0.25, 0.3) is 0 Å². The van der Waals surface area contributed by atoms with Gasteiger partial charge in [0.05, 0.1) is 0 Å². The topological polar surface area (TPSA) is 0 Å². The zero-order chi connectivity index (χ0) is 39.5. The number of allylic oxidation sites excluding steroid dienone is 17. The number of hydrogen-bond donors (Lipinski definition) is 0. The standard InChI is InChI=1S/C59H49/c1-38-29-31-50-51(32-30-40-34-46(36-47(35-40)41-17-6-3-7-18-41)39(2)53(33-38)42-19-8-4-9-20-42)56(43-21-10-5-11-22-43)59-54-37-45-25-14-15-26-48(45)49-27-16-28-52(57(49)54)58(59)55(50)44-23-12-13-24-44/h3-10,12-13,15-21,23-24,26-33,35-37,39,44,46,53H,1,11,14,22,25,34H2,2H3/q-1/b31-29+,32-30+,38-33+. The Morgan fingerprint density at radius 3 is 2.25 bits per heavy atom. The molecule has 0 aliphatic heterocycles. The van der Waals surface area contributed by atoms with Crippen LogP contribution in [0, 0.1) is 18.8 Å². The first-order valence-corrected chi connectivity index (χ1v) is 21.7. The minimum Gasteiger partial charge on any atom is -0.199 e. The Bertz CT molecular complexity index is 2840. The van der Waals surface area contributed by atoms with Crippen molar-refractivity contribution in [3.05, 3.63) is 226 Å². The van der Waals surface area contributed by atoms with E-state index in [1.165, 1.54) is 94.3 Å². The van der Waals surface area contributed by atoms with Crippen LogP contribution in [0.25, 0.3) is 62.4 Å². The Morgan fingerprint density at radius 1 is 0.644 bits per heavy atom. The summed E-state index contributed by atoms with van der Waals surface area (Å²) in [4.78, 5) is 0. The first-order chi connectivity index (χ1) is 29.1. The zero-order valence-corrected chi connectivity index (χ0v) is 33.9. The van der Waals surface area contributed by atoms with Gasteiger partial charge in [-0.25, -0.2) is 0 Å². The van der Waals surface area contributed by atoms with Crippen LogP contribution in [-0.4, -0.2) is 0 Å². The lowest BCUT2D eigenvalue weighted by Gasteiger charge is -2.33. The van der Waals surface area contributed by atoms with Gasteiger partial charge in [-0.15, -0.1) is 6.08 Å². The first-order valence-electron chi connectivity index (χ1n) is 21.7. The summed E-state index contributed by atoms with van der Waals surface area (Å²) in [5.41, 5.74) is 21.6. The summed E-state index contributed by atoms with van der Waals surface area (Å²) in [6, 6.07) is 31.7. The van der Waals surface area contributed by atoms with Crippen LogP contribution < -0.4 is 0 Å². The molecule has 6 aliphatic carbocycles. The van der Waals surface area contributed by atoms with Crippen molar-refractivity contribution in [2.75, 3.05) is 0 Å². The van der Waals surface area contributed by atoms with Crippen molar-refractivity contribution in [3.8, 4) is 22.3 Å². The van der Waals surface area contributed by atoms with Crippen LogP contribution in [0.5, 0.6) is 0 Å². The SMILES string of the molecule is [CH2-]C1=C\C(c2ccccc2)C(C)C2C=C(c3ccccc3)C=C(/C=C/c3c(c(C4C=CC=C4)c4c(c3C3=CC=CCC3)-c3cc5c(c6cccc-4c36)C=CCC5)\C=C\1)C2. The van der Waals surface area contributed by atoms with E-state index < -0.39 is 0 Å². The predicted molar refractivity (Wildman–Crippen MR) is 254 cm³/mol. The molecule has 0 amide bonds. The Morgan fingerprint density at radius 2 is 1.44 bits per heavy atom. The summed E-state index contributed by atoms with van der Waals surface area (Å²) < 4.78 is 0. The van der Waals surface area contributed by atoms with Crippen LogP contribution in [0.3, 0.4) is 0 Å². The van der Waals surface area contributed by atoms with Crippen LogP contribution in [0.15, 0.2) is 175 Å². The lowest BCUT2D eigenvalue weighted by molar-refractivity contribution is 0.390. The van der Waals surface area contributed by atoms with Gasteiger partial charge in [0.2, 0.25) is 0 Å². The van der Waals surface area contributed by atoms with Crippen molar-refractivity contribution in [1.29, 1.82) is 0 Å². The second-order valence-corrected chi connectivity index (χ2v) is 17.3. The van der Waals surface area contributed by atoms with Crippen LogP contribution in [0.4, 0.5) is 0 Å². The molecular weight excluding hydrogens is 709 g/mol. The average molecular weight is 758 g/mol. The van der Waals surface area contributed by atoms with Crippen LogP contribution in [0.1, 0.15) is 89.0 Å². The molecule has 0 radical (unpaired) electrons. The molecule has 3 atom stereocenters. The number of fused-ring (bicyclic) bond motifs is 8. The largest absolute Gasteiger partial charge is 0.199 e. The fourth-order valence-electron chi connectivity index (χ4n) is 10.9. The molecule has 0 fully saturated rings. The summed E-state index contributed by atoms with van der Waals surface area (Å²) >= 11 is 0. The van der Waals surface area contributed by atoms with Gasteiger partial charge in [-0.05, 0) is 145 Å². The van der Waals surface area contributed by atoms with Crippen molar-refractivity contribution in [3.63, 3.8) is 0 Å². The van der Waals surface area contributed by atoms with Gasteiger partial charge in [-0.1, -0.05) is 170 Å². The van der Waals surface area contributed by atoms with Crippen molar-refractivity contribution in [2.45, 2.75) is 50.9 Å². The molecule has 3 unspecified atom stereocenters. The molecular formula is C59H49-. The summed E-state index contributed by atoms with van der Waals surface area (Å²) in [5.74, 6) is 1.05. The van der Waals surface area contributed by atoms with E-state index in [-0.39, 0.29) is 11.8 Å². The molecule has 5 aromatic rings.